The van der Waals surface area contributed by atoms with E-state index in [0.717, 1.165) is 42.1 Å². The van der Waals surface area contributed by atoms with E-state index in [1.807, 2.05) is 37.3 Å². The molecule has 0 spiro atoms. The number of benzene rings is 2. The molecule has 0 amide bonds. The van der Waals surface area contributed by atoms with Crippen molar-refractivity contribution in [3.63, 3.8) is 0 Å². The smallest absolute Gasteiger partial charge is 0.166 e. The third-order valence-corrected chi connectivity index (χ3v) is 4.08. The first-order valence-electron chi connectivity index (χ1n) is 8.17. The van der Waals surface area contributed by atoms with Crippen LogP contribution in [0.3, 0.4) is 0 Å². The van der Waals surface area contributed by atoms with Crippen LogP contribution in [-0.4, -0.2) is 13.2 Å². The minimum atomic E-state index is 0.362. The Balaban J connectivity index is 2.18. The maximum absolute atomic E-state index is 6.23. The zero-order valence-electron chi connectivity index (χ0n) is 14.1. The van der Waals surface area contributed by atoms with Crippen molar-refractivity contribution in [1.29, 1.82) is 0 Å². The van der Waals surface area contributed by atoms with Gasteiger partial charge in [-0.25, -0.2) is 0 Å². The first kappa shape index (κ1) is 18.9. The van der Waals surface area contributed by atoms with Crippen molar-refractivity contribution >= 4 is 23.2 Å². The van der Waals surface area contributed by atoms with E-state index in [4.69, 9.17) is 32.7 Å². The van der Waals surface area contributed by atoms with E-state index in [-0.39, 0.29) is 0 Å². The molecule has 0 aliphatic rings. The molecule has 0 bridgehead atoms. The molecule has 3 nitrogen and oxygen atoms in total. The van der Waals surface area contributed by atoms with Crippen LogP contribution in [0.4, 0.5) is 0 Å². The summed E-state index contributed by atoms with van der Waals surface area (Å²) in [6.45, 7) is 6.75. The van der Waals surface area contributed by atoms with Gasteiger partial charge in [0.05, 0.1) is 6.61 Å². The topological polar surface area (TPSA) is 30.5 Å². The fraction of sp³-hybridized carbons (Fsp3) is 0.368. The first-order chi connectivity index (χ1) is 11.7. The minimum Gasteiger partial charge on any atom is -0.490 e. The fourth-order valence-corrected chi connectivity index (χ4v) is 2.79. The maximum atomic E-state index is 6.23. The summed E-state index contributed by atoms with van der Waals surface area (Å²) in [7, 11) is 0. The zero-order valence-corrected chi connectivity index (χ0v) is 15.6. The highest BCUT2D eigenvalue weighted by Gasteiger charge is 2.12. The number of ether oxygens (including phenoxy) is 2. The van der Waals surface area contributed by atoms with Crippen molar-refractivity contribution < 1.29 is 9.47 Å². The van der Waals surface area contributed by atoms with Gasteiger partial charge in [0.1, 0.15) is 6.61 Å². The van der Waals surface area contributed by atoms with Crippen LogP contribution in [0.2, 0.25) is 10.0 Å². The van der Waals surface area contributed by atoms with Crippen LogP contribution in [0.1, 0.15) is 31.4 Å². The Morgan fingerprint density at radius 2 is 1.83 bits per heavy atom. The molecule has 2 aromatic rings. The molecule has 5 heteroatoms. The van der Waals surface area contributed by atoms with Gasteiger partial charge in [0.15, 0.2) is 11.5 Å². The summed E-state index contributed by atoms with van der Waals surface area (Å²) in [6, 6.07) is 11.4. The summed E-state index contributed by atoms with van der Waals surface area (Å²) >= 11 is 12.2. The predicted molar refractivity (Wildman–Crippen MR) is 100 cm³/mol. The molecule has 0 unspecified atom stereocenters. The number of hydrogen-bond donors (Lipinski definition) is 1. The second-order valence-corrected chi connectivity index (χ2v) is 6.22. The highest BCUT2D eigenvalue weighted by atomic mass is 35.5. The molecule has 0 atom stereocenters. The SMILES string of the molecule is CCCNCc1cccc(OCC)c1OCc1ccc(Cl)cc1Cl. The van der Waals surface area contributed by atoms with E-state index in [1.54, 1.807) is 6.07 Å². The summed E-state index contributed by atoms with van der Waals surface area (Å²) in [5.41, 5.74) is 1.96. The molecule has 0 radical (unpaired) electrons. The summed E-state index contributed by atoms with van der Waals surface area (Å²) < 4.78 is 11.8. The lowest BCUT2D eigenvalue weighted by atomic mass is 10.1. The molecule has 2 aromatic carbocycles. The monoisotopic (exact) mass is 367 g/mol. The summed E-state index contributed by atoms with van der Waals surface area (Å²) in [6.07, 6.45) is 1.09. The summed E-state index contributed by atoms with van der Waals surface area (Å²) in [5, 5.41) is 4.61. The number of nitrogens with one attached hydrogen (secondary N) is 1. The van der Waals surface area contributed by atoms with Crippen LogP contribution in [0.5, 0.6) is 11.5 Å². The quantitative estimate of drug-likeness (QED) is 0.596. The van der Waals surface area contributed by atoms with E-state index in [1.165, 1.54) is 0 Å². The molecule has 2 rings (SSSR count). The lowest BCUT2D eigenvalue weighted by Crippen LogP contribution is -2.15. The standard InChI is InChI=1S/C19H23Cl2NO2/c1-3-10-22-12-14-6-5-7-18(23-4-2)19(14)24-13-15-8-9-16(20)11-17(15)21/h5-9,11,22H,3-4,10,12-13H2,1-2H3. The van der Waals surface area contributed by atoms with Crippen molar-refractivity contribution in [1.82, 2.24) is 5.32 Å². The Morgan fingerprint density at radius 1 is 1.00 bits per heavy atom. The van der Waals surface area contributed by atoms with E-state index in [0.29, 0.717) is 23.3 Å². The second kappa shape index (κ2) is 9.77. The molecule has 1 N–H and O–H groups in total. The third-order valence-electron chi connectivity index (χ3n) is 3.49. The number of para-hydroxylation sites is 1. The van der Waals surface area contributed by atoms with Crippen LogP contribution in [0.15, 0.2) is 36.4 Å². The van der Waals surface area contributed by atoms with Gasteiger partial charge in [-0.2, -0.15) is 0 Å². The average molecular weight is 368 g/mol. The maximum Gasteiger partial charge on any atom is 0.166 e. The van der Waals surface area contributed by atoms with E-state index < -0.39 is 0 Å². The Labute approximate surface area is 153 Å². The van der Waals surface area contributed by atoms with Crippen molar-refractivity contribution in [3.05, 3.63) is 57.6 Å². The Bertz CT molecular complexity index is 662. The molecule has 0 fully saturated rings. The Morgan fingerprint density at radius 3 is 2.54 bits per heavy atom. The van der Waals surface area contributed by atoms with E-state index in [9.17, 15) is 0 Å². The fourth-order valence-electron chi connectivity index (χ4n) is 2.32. The van der Waals surface area contributed by atoms with Crippen molar-refractivity contribution in [3.8, 4) is 11.5 Å². The van der Waals surface area contributed by atoms with E-state index >= 15 is 0 Å². The highest BCUT2D eigenvalue weighted by Crippen LogP contribution is 2.33. The summed E-state index contributed by atoms with van der Waals surface area (Å²) in [4.78, 5) is 0. The molecular weight excluding hydrogens is 345 g/mol. The normalized spacial score (nSPS) is 10.7. The van der Waals surface area contributed by atoms with Gasteiger partial charge in [-0.1, -0.05) is 48.3 Å². The van der Waals surface area contributed by atoms with Gasteiger partial charge in [0.25, 0.3) is 0 Å². The number of halogens is 2. The first-order valence-corrected chi connectivity index (χ1v) is 8.93. The van der Waals surface area contributed by atoms with E-state index in [2.05, 4.69) is 12.2 Å². The predicted octanol–water partition coefficient (Wildman–Crippen LogP) is 5.47. The lowest BCUT2D eigenvalue weighted by Gasteiger charge is -2.17. The van der Waals surface area contributed by atoms with Gasteiger partial charge in [-0.3, -0.25) is 0 Å². The van der Waals surface area contributed by atoms with Gasteiger partial charge < -0.3 is 14.8 Å². The van der Waals surface area contributed by atoms with Crippen molar-refractivity contribution in [2.75, 3.05) is 13.2 Å². The number of rotatable bonds is 9. The second-order valence-electron chi connectivity index (χ2n) is 5.38. The van der Waals surface area contributed by atoms with Crippen LogP contribution >= 0.6 is 23.2 Å². The molecule has 0 heterocycles. The van der Waals surface area contributed by atoms with Gasteiger partial charge in [0, 0.05) is 27.7 Å². The van der Waals surface area contributed by atoms with Gasteiger partial charge in [0.2, 0.25) is 0 Å². The summed E-state index contributed by atoms with van der Waals surface area (Å²) in [5.74, 6) is 1.51. The highest BCUT2D eigenvalue weighted by molar-refractivity contribution is 6.35. The molecule has 0 aliphatic carbocycles. The molecule has 0 saturated carbocycles. The minimum absolute atomic E-state index is 0.362. The molecule has 0 saturated heterocycles. The molecule has 130 valence electrons. The Hall–Kier alpha value is -1.42. The molecule has 0 aliphatic heterocycles. The zero-order chi connectivity index (χ0) is 17.4. The lowest BCUT2D eigenvalue weighted by molar-refractivity contribution is 0.266. The van der Waals surface area contributed by atoms with Gasteiger partial charge >= 0.3 is 0 Å². The number of hydrogen-bond acceptors (Lipinski definition) is 3. The van der Waals surface area contributed by atoms with Crippen molar-refractivity contribution in [2.45, 2.75) is 33.4 Å². The largest absolute Gasteiger partial charge is 0.490 e. The molecule has 24 heavy (non-hydrogen) atoms. The third kappa shape index (κ3) is 5.30. The molecular formula is C19H23Cl2NO2. The van der Waals surface area contributed by atoms with Gasteiger partial charge in [-0.05, 0) is 38.1 Å². The van der Waals surface area contributed by atoms with Crippen molar-refractivity contribution in [2.24, 2.45) is 0 Å². The Kier molecular flexibility index (Phi) is 7.70. The van der Waals surface area contributed by atoms with Crippen LogP contribution in [0.25, 0.3) is 0 Å². The van der Waals surface area contributed by atoms with Crippen LogP contribution < -0.4 is 14.8 Å². The van der Waals surface area contributed by atoms with Crippen LogP contribution in [-0.2, 0) is 13.2 Å². The molecule has 0 aromatic heterocycles. The average Bonchev–Trinajstić information content (AvgIpc) is 2.56. The van der Waals surface area contributed by atoms with Crippen LogP contribution in [0, 0.1) is 0 Å². The van der Waals surface area contributed by atoms with Gasteiger partial charge in [-0.15, -0.1) is 0 Å².